The van der Waals surface area contributed by atoms with Gasteiger partial charge in [0.05, 0.1) is 0 Å². The highest BCUT2D eigenvalue weighted by molar-refractivity contribution is 4.60. The number of unbranched alkanes of at least 4 members (excludes halogenated alkanes) is 16. The third-order valence-electron chi connectivity index (χ3n) is 5.18. The summed E-state index contributed by atoms with van der Waals surface area (Å²) in [6, 6.07) is 0.214. The van der Waals surface area contributed by atoms with E-state index in [2.05, 4.69) is 6.92 Å². The van der Waals surface area contributed by atoms with E-state index in [1.807, 2.05) is 0 Å². The molecule has 0 saturated heterocycles. The van der Waals surface area contributed by atoms with Crippen molar-refractivity contribution in [3.8, 4) is 0 Å². The highest BCUT2D eigenvalue weighted by atomic mass is 16.3. The molecule has 0 rings (SSSR count). The van der Waals surface area contributed by atoms with Crippen LogP contribution in [0.4, 0.5) is 0 Å². The highest BCUT2D eigenvalue weighted by Gasteiger charge is 2.00. The summed E-state index contributed by atoms with van der Waals surface area (Å²) < 4.78 is 0. The average Bonchev–Trinajstić information content (AvgIpc) is 2.58. The molecule has 146 valence electrons. The maximum absolute atomic E-state index is 8.80. The summed E-state index contributed by atoms with van der Waals surface area (Å²) in [6.07, 6.45) is 25.9. The van der Waals surface area contributed by atoms with Crippen LogP contribution in [-0.4, -0.2) is 17.8 Å². The Kier molecular flexibility index (Phi) is 20.9. The van der Waals surface area contributed by atoms with Gasteiger partial charge in [0.2, 0.25) is 0 Å². The largest absolute Gasteiger partial charge is 0.396 e. The van der Waals surface area contributed by atoms with Crippen molar-refractivity contribution >= 4 is 0 Å². The number of aliphatic hydroxyl groups excluding tert-OH is 1. The van der Waals surface area contributed by atoms with Crippen molar-refractivity contribution < 1.29 is 5.11 Å². The van der Waals surface area contributed by atoms with Crippen molar-refractivity contribution in [1.82, 2.24) is 0 Å². The van der Waals surface area contributed by atoms with Gasteiger partial charge in [-0.05, 0) is 12.8 Å². The van der Waals surface area contributed by atoms with E-state index in [4.69, 9.17) is 10.8 Å². The van der Waals surface area contributed by atoms with Crippen molar-refractivity contribution in [2.45, 2.75) is 135 Å². The molecule has 2 nitrogen and oxygen atoms in total. The lowest BCUT2D eigenvalue weighted by Crippen LogP contribution is -2.20. The summed E-state index contributed by atoms with van der Waals surface area (Å²) in [7, 11) is 0. The lowest BCUT2D eigenvalue weighted by Gasteiger charge is -2.09. The molecule has 0 aromatic carbocycles. The monoisotopic (exact) mass is 341 g/mol. The fourth-order valence-corrected chi connectivity index (χ4v) is 3.44. The number of aliphatic hydroxyl groups is 1. The molecular formula is C22H47NO. The Balaban J connectivity index is 3.00. The maximum atomic E-state index is 8.80. The molecule has 0 aliphatic carbocycles. The van der Waals surface area contributed by atoms with Gasteiger partial charge in [-0.25, -0.2) is 0 Å². The van der Waals surface area contributed by atoms with Crippen molar-refractivity contribution in [3.05, 3.63) is 0 Å². The zero-order chi connectivity index (χ0) is 17.7. The average molecular weight is 342 g/mol. The Bertz CT molecular complexity index is 220. The van der Waals surface area contributed by atoms with Crippen LogP contribution in [0.25, 0.3) is 0 Å². The second kappa shape index (κ2) is 21.0. The summed E-state index contributed by atoms with van der Waals surface area (Å²) >= 11 is 0. The van der Waals surface area contributed by atoms with Crippen molar-refractivity contribution in [3.63, 3.8) is 0 Å². The first-order chi connectivity index (χ1) is 11.8. The first kappa shape index (κ1) is 23.9. The first-order valence-electron chi connectivity index (χ1n) is 11.2. The second-order valence-electron chi connectivity index (χ2n) is 7.72. The Morgan fingerprint density at radius 1 is 0.542 bits per heavy atom. The molecule has 0 aliphatic rings. The summed E-state index contributed by atoms with van der Waals surface area (Å²) in [5, 5.41) is 8.80. The summed E-state index contributed by atoms with van der Waals surface area (Å²) in [5.41, 5.74) is 5.89. The van der Waals surface area contributed by atoms with Crippen LogP contribution in [0.1, 0.15) is 129 Å². The van der Waals surface area contributed by atoms with Gasteiger partial charge in [-0.15, -0.1) is 0 Å². The van der Waals surface area contributed by atoms with Gasteiger partial charge in [-0.3, -0.25) is 0 Å². The highest BCUT2D eigenvalue weighted by Crippen LogP contribution is 2.14. The molecule has 0 radical (unpaired) electrons. The third-order valence-corrected chi connectivity index (χ3v) is 5.18. The topological polar surface area (TPSA) is 46.2 Å². The molecule has 0 amide bonds. The minimum absolute atomic E-state index is 0.214. The van der Waals surface area contributed by atoms with Crippen LogP contribution in [0.3, 0.4) is 0 Å². The third kappa shape index (κ3) is 20.0. The Hall–Kier alpha value is -0.0800. The van der Waals surface area contributed by atoms with E-state index in [0.29, 0.717) is 0 Å². The molecule has 0 saturated carbocycles. The first-order valence-corrected chi connectivity index (χ1v) is 11.2. The smallest absolute Gasteiger partial charge is 0.0445 e. The predicted molar refractivity (Wildman–Crippen MR) is 108 cm³/mol. The Labute approximate surface area is 153 Å². The zero-order valence-corrected chi connectivity index (χ0v) is 16.7. The molecule has 0 fully saturated rings. The lowest BCUT2D eigenvalue weighted by molar-refractivity contribution is 0.271. The van der Waals surface area contributed by atoms with Crippen LogP contribution in [-0.2, 0) is 0 Å². The van der Waals surface area contributed by atoms with Crippen LogP contribution >= 0.6 is 0 Å². The molecule has 24 heavy (non-hydrogen) atoms. The molecule has 1 unspecified atom stereocenters. The van der Waals surface area contributed by atoms with E-state index in [0.717, 1.165) is 12.8 Å². The summed E-state index contributed by atoms with van der Waals surface area (Å²) in [4.78, 5) is 0. The van der Waals surface area contributed by atoms with Crippen molar-refractivity contribution in [2.24, 2.45) is 5.73 Å². The fourth-order valence-electron chi connectivity index (χ4n) is 3.44. The molecule has 0 heterocycles. The van der Waals surface area contributed by atoms with Crippen LogP contribution in [0, 0.1) is 0 Å². The summed E-state index contributed by atoms with van der Waals surface area (Å²) in [5.74, 6) is 0. The Morgan fingerprint density at radius 2 is 0.875 bits per heavy atom. The molecule has 0 spiro atoms. The number of hydrogen-bond donors (Lipinski definition) is 2. The number of nitrogens with two attached hydrogens (primary N) is 1. The SMILES string of the molecule is CCCCCCCCCCCCCCCCCCCC(N)CCO. The quantitative estimate of drug-likeness (QED) is 0.241. The minimum atomic E-state index is 0.214. The second-order valence-corrected chi connectivity index (χ2v) is 7.72. The van der Waals surface area contributed by atoms with Gasteiger partial charge in [0, 0.05) is 12.6 Å². The van der Waals surface area contributed by atoms with E-state index in [1.54, 1.807) is 0 Å². The molecule has 3 N–H and O–H groups in total. The lowest BCUT2D eigenvalue weighted by atomic mass is 10.0. The molecule has 2 heteroatoms. The summed E-state index contributed by atoms with van der Waals surface area (Å²) in [6.45, 7) is 2.52. The van der Waals surface area contributed by atoms with Crippen LogP contribution in [0.15, 0.2) is 0 Å². The van der Waals surface area contributed by atoms with E-state index >= 15 is 0 Å². The zero-order valence-electron chi connectivity index (χ0n) is 16.7. The number of rotatable bonds is 20. The van der Waals surface area contributed by atoms with Gasteiger partial charge < -0.3 is 10.8 Å². The maximum Gasteiger partial charge on any atom is 0.0445 e. The van der Waals surface area contributed by atoms with Gasteiger partial charge in [0.1, 0.15) is 0 Å². The Morgan fingerprint density at radius 3 is 1.21 bits per heavy atom. The number of hydrogen-bond acceptors (Lipinski definition) is 2. The van der Waals surface area contributed by atoms with Gasteiger partial charge in [0.15, 0.2) is 0 Å². The fraction of sp³-hybridized carbons (Fsp3) is 1.00. The van der Waals surface area contributed by atoms with Gasteiger partial charge in [-0.2, -0.15) is 0 Å². The normalized spacial score (nSPS) is 12.6. The molecule has 0 aliphatic heterocycles. The van der Waals surface area contributed by atoms with E-state index in [-0.39, 0.29) is 12.6 Å². The van der Waals surface area contributed by atoms with Gasteiger partial charge in [0.25, 0.3) is 0 Å². The van der Waals surface area contributed by atoms with Crippen LogP contribution < -0.4 is 5.73 Å². The van der Waals surface area contributed by atoms with Gasteiger partial charge >= 0.3 is 0 Å². The molecule has 1 atom stereocenters. The van der Waals surface area contributed by atoms with E-state index in [9.17, 15) is 0 Å². The molecule has 0 aromatic rings. The van der Waals surface area contributed by atoms with E-state index < -0.39 is 0 Å². The van der Waals surface area contributed by atoms with Gasteiger partial charge in [-0.1, -0.05) is 116 Å². The molecule has 0 aromatic heterocycles. The van der Waals surface area contributed by atoms with E-state index in [1.165, 1.54) is 109 Å². The van der Waals surface area contributed by atoms with Crippen molar-refractivity contribution in [1.29, 1.82) is 0 Å². The van der Waals surface area contributed by atoms with Crippen molar-refractivity contribution in [2.75, 3.05) is 6.61 Å². The molecular weight excluding hydrogens is 294 g/mol. The minimum Gasteiger partial charge on any atom is -0.396 e. The molecule has 0 bridgehead atoms. The van der Waals surface area contributed by atoms with Crippen LogP contribution in [0.5, 0.6) is 0 Å². The predicted octanol–water partition coefficient (Wildman–Crippen LogP) is 6.74. The van der Waals surface area contributed by atoms with Crippen LogP contribution in [0.2, 0.25) is 0 Å². The standard InChI is InChI=1S/C22H47NO/c1-2-3-4-5-6-7-8-9-10-11-12-13-14-15-16-17-18-19-22(23)20-21-24/h22,24H,2-21,23H2,1H3.